The number of rotatable bonds is 11. The van der Waals surface area contributed by atoms with E-state index in [-0.39, 0.29) is 18.9 Å². The zero-order valence-corrected chi connectivity index (χ0v) is 24.2. The standard InChI is InChI=1S/C33H33N3O8/c1-18(34-33(42)44-17-24-22-14-8-6-12-20(22)21-13-7-9-15-23(21)24)29(37)36-28-26(27(28)32(41)43-2)30(38)35-25(31(39)40)16-19-10-4-3-5-11-19/h3-15,18,24-28H,16-17H2,1-2H3,(H,34,42)(H,35,38)(H,36,37)(H,39,40)/t18-,25-,26-,27-,28+/m0/s1. The number of carbonyl (C=O) groups is 5. The summed E-state index contributed by atoms with van der Waals surface area (Å²) in [5.41, 5.74) is 4.98. The molecule has 0 bridgehead atoms. The van der Waals surface area contributed by atoms with Crippen molar-refractivity contribution in [2.24, 2.45) is 11.8 Å². The van der Waals surface area contributed by atoms with Crippen molar-refractivity contribution in [2.45, 2.75) is 37.4 Å². The first-order valence-corrected chi connectivity index (χ1v) is 14.3. The maximum atomic E-state index is 13.0. The number of carboxylic acids is 1. The topological polar surface area (TPSA) is 160 Å². The molecule has 1 saturated carbocycles. The number of hydrogen-bond donors (Lipinski definition) is 4. The number of fused-ring (bicyclic) bond motifs is 3. The molecule has 3 aromatic carbocycles. The van der Waals surface area contributed by atoms with Crippen LogP contribution < -0.4 is 16.0 Å². The molecule has 0 saturated heterocycles. The zero-order valence-electron chi connectivity index (χ0n) is 24.2. The molecule has 0 aliphatic heterocycles. The Morgan fingerprint density at radius 3 is 2.00 bits per heavy atom. The number of carbonyl (C=O) groups excluding carboxylic acids is 4. The number of carboxylic acid groups (broad SMARTS) is 1. The average Bonchev–Trinajstić information content (AvgIpc) is 3.65. The number of nitrogens with one attached hydrogen (secondary N) is 3. The molecule has 0 aromatic heterocycles. The smallest absolute Gasteiger partial charge is 0.407 e. The van der Waals surface area contributed by atoms with E-state index in [1.165, 1.54) is 6.92 Å². The first kappa shape index (κ1) is 30.3. The van der Waals surface area contributed by atoms with Crippen LogP contribution in [0.25, 0.3) is 11.1 Å². The van der Waals surface area contributed by atoms with E-state index in [2.05, 4.69) is 16.0 Å². The molecule has 11 nitrogen and oxygen atoms in total. The predicted molar refractivity (Wildman–Crippen MR) is 158 cm³/mol. The largest absolute Gasteiger partial charge is 0.480 e. The quantitative estimate of drug-likeness (QED) is 0.245. The lowest BCUT2D eigenvalue weighted by molar-refractivity contribution is -0.144. The third-order valence-electron chi connectivity index (χ3n) is 8.07. The number of hydrogen-bond acceptors (Lipinski definition) is 7. The summed E-state index contributed by atoms with van der Waals surface area (Å²) in [4.78, 5) is 62.9. The monoisotopic (exact) mass is 599 g/mol. The van der Waals surface area contributed by atoms with E-state index in [9.17, 15) is 29.1 Å². The van der Waals surface area contributed by atoms with E-state index < -0.39 is 59.8 Å². The molecule has 5 atom stereocenters. The molecule has 3 aromatic rings. The highest BCUT2D eigenvalue weighted by Crippen LogP contribution is 2.44. The number of esters is 1. The van der Waals surface area contributed by atoms with Gasteiger partial charge < -0.3 is 30.5 Å². The Labute approximate surface area is 253 Å². The summed E-state index contributed by atoms with van der Waals surface area (Å²) in [7, 11) is 1.16. The summed E-state index contributed by atoms with van der Waals surface area (Å²) in [5, 5.41) is 17.2. The summed E-state index contributed by atoms with van der Waals surface area (Å²) in [6.07, 6.45) is -0.760. The lowest BCUT2D eigenvalue weighted by Gasteiger charge is -2.17. The summed E-state index contributed by atoms with van der Waals surface area (Å²) >= 11 is 0. The van der Waals surface area contributed by atoms with Crippen LogP contribution in [0.2, 0.25) is 0 Å². The Bertz CT molecular complexity index is 1530. The van der Waals surface area contributed by atoms with E-state index >= 15 is 0 Å². The van der Waals surface area contributed by atoms with Crippen LogP contribution in [0.1, 0.15) is 29.5 Å². The van der Waals surface area contributed by atoms with Gasteiger partial charge >= 0.3 is 18.0 Å². The predicted octanol–water partition coefficient (Wildman–Crippen LogP) is 2.63. The van der Waals surface area contributed by atoms with Crippen molar-refractivity contribution in [1.29, 1.82) is 0 Å². The molecule has 5 rings (SSSR count). The Morgan fingerprint density at radius 1 is 0.818 bits per heavy atom. The lowest BCUT2D eigenvalue weighted by atomic mass is 9.98. The molecule has 0 heterocycles. The van der Waals surface area contributed by atoms with Crippen LogP contribution in [0.15, 0.2) is 78.9 Å². The van der Waals surface area contributed by atoms with Gasteiger partial charge in [-0.15, -0.1) is 0 Å². The first-order chi connectivity index (χ1) is 21.2. The van der Waals surface area contributed by atoms with Gasteiger partial charge in [0.2, 0.25) is 11.8 Å². The number of methoxy groups -OCH3 is 1. The van der Waals surface area contributed by atoms with E-state index in [1.807, 2.05) is 48.5 Å². The van der Waals surface area contributed by atoms with Crippen LogP contribution >= 0.6 is 0 Å². The highest BCUT2D eigenvalue weighted by Gasteiger charge is 2.61. The van der Waals surface area contributed by atoms with Gasteiger partial charge in [0, 0.05) is 12.3 Å². The fourth-order valence-electron chi connectivity index (χ4n) is 5.74. The van der Waals surface area contributed by atoms with Crippen LogP contribution in [0.3, 0.4) is 0 Å². The van der Waals surface area contributed by atoms with Gasteiger partial charge in [-0.1, -0.05) is 78.9 Å². The highest BCUT2D eigenvalue weighted by atomic mass is 16.5. The van der Waals surface area contributed by atoms with Crippen LogP contribution in [-0.4, -0.2) is 66.8 Å². The molecule has 0 spiro atoms. The van der Waals surface area contributed by atoms with Gasteiger partial charge in [-0.05, 0) is 34.7 Å². The van der Waals surface area contributed by atoms with Crippen LogP contribution in [0.5, 0.6) is 0 Å². The summed E-state index contributed by atoms with van der Waals surface area (Å²) in [6, 6.07) is 21.4. The molecule has 44 heavy (non-hydrogen) atoms. The van der Waals surface area contributed by atoms with E-state index in [1.54, 1.807) is 30.3 Å². The molecule has 2 aliphatic rings. The molecule has 1 fully saturated rings. The molecular weight excluding hydrogens is 566 g/mol. The molecule has 0 unspecified atom stereocenters. The van der Waals surface area contributed by atoms with Gasteiger partial charge in [-0.2, -0.15) is 0 Å². The molecule has 0 radical (unpaired) electrons. The van der Waals surface area contributed by atoms with Gasteiger partial charge in [-0.25, -0.2) is 9.59 Å². The minimum atomic E-state index is -1.24. The number of ether oxygens (including phenoxy) is 2. The maximum Gasteiger partial charge on any atom is 0.407 e. The van der Waals surface area contributed by atoms with Gasteiger partial charge in [-0.3, -0.25) is 14.4 Å². The van der Waals surface area contributed by atoms with Crippen LogP contribution in [0, 0.1) is 11.8 Å². The Hall–Kier alpha value is -5.19. The Balaban J connectivity index is 1.16. The van der Waals surface area contributed by atoms with Crippen molar-refractivity contribution in [3.8, 4) is 11.1 Å². The molecule has 228 valence electrons. The summed E-state index contributed by atoms with van der Waals surface area (Å²) in [5.74, 6) is -5.50. The van der Waals surface area contributed by atoms with Crippen molar-refractivity contribution in [3.63, 3.8) is 0 Å². The van der Waals surface area contributed by atoms with Crippen LogP contribution in [0.4, 0.5) is 4.79 Å². The Kier molecular flexibility index (Phi) is 8.94. The average molecular weight is 600 g/mol. The summed E-state index contributed by atoms with van der Waals surface area (Å²) in [6.45, 7) is 1.51. The van der Waals surface area contributed by atoms with Gasteiger partial charge in [0.25, 0.3) is 0 Å². The molecule has 2 aliphatic carbocycles. The second kappa shape index (κ2) is 13.0. The number of amides is 3. The minimum absolute atomic E-state index is 0.0373. The van der Waals surface area contributed by atoms with Crippen molar-refractivity contribution < 1.29 is 38.6 Å². The fraction of sp³-hybridized carbons (Fsp3) is 0.303. The SMILES string of the molecule is COC(=O)[C@@H]1[C@H](NC(=O)[C@H](C)NC(=O)OCC2c3ccccc3-c3ccccc32)[C@H]1C(=O)N[C@@H](Cc1ccccc1)C(=O)O. The maximum absolute atomic E-state index is 13.0. The third-order valence-corrected chi connectivity index (χ3v) is 8.07. The van der Waals surface area contributed by atoms with E-state index in [4.69, 9.17) is 9.47 Å². The van der Waals surface area contributed by atoms with Crippen molar-refractivity contribution in [2.75, 3.05) is 13.7 Å². The molecule has 11 heteroatoms. The Morgan fingerprint density at radius 2 is 1.41 bits per heavy atom. The van der Waals surface area contributed by atoms with Gasteiger partial charge in [0.05, 0.1) is 25.0 Å². The second-order valence-corrected chi connectivity index (χ2v) is 10.9. The number of aliphatic carboxylic acids is 1. The highest BCUT2D eigenvalue weighted by molar-refractivity contribution is 5.96. The molecule has 3 amide bonds. The number of benzene rings is 3. The van der Waals surface area contributed by atoms with Gasteiger partial charge in [0.1, 0.15) is 18.7 Å². The first-order valence-electron chi connectivity index (χ1n) is 14.3. The third kappa shape index (κ3) is 6.41. The summed E-state index contributed by atoms with van der Waals surface area (Å²) < 4.78 is 10.3. The van der Waals surface area contributed by atoms with Crippen molar-refractivity contribution in [1.82, 2.24) is 16.0 Å². The fourth-order valence-corrected chi connectivity index (χ4v) is 5.74. The van der Waals surface area contributed by atoms with E-state index in [0.29, 0.717) is 5.56 Å². The van der Waals surface area contributed by atoms with Crippen LogP contribution in [-0.2, 0) is 35.1 Å². The number of alkyl carbamates (subject to hydrolysis) is 1. The second-order valence-electron chi connectivity index (χ2n) is 10.9. The molecular formula is C33H33N3O8. The van der Waals surface area contributed by atoms with Crippen molar-refractivity contribution in [3.05, 3.63) is 95.6 Å². The van der Waals surface area contributed by atoms with Crippen molar-refractivity contribution >= 4 is 29.8 Å². The minimum Gasteiger partial charge on any atom is -0.480 e. The lowest BCUT2D eigenvalue weighted by Crippen LogP contribution is -2.47. The van der Waals surface area contributed by atoms with E-state index in [0.717, 1.165) is 29.4 Å². The normalized spacial score (nSPS) is 19.4. The zero-order chi connectivity index (χ0) is 31.4. The molecule has 4 N–H and O–H groups in total. The van der Waals surface area contributed by atoms with Gasteiger partial charge in [0.15, 0.2) is 0 Å².